The quantitative estimate of drug-likeness (QED) is 0.849. The molecule has 1 aromatic heterocycles. The van der Waals surface area contributed by atoms with E-state index in [-0.39, 0.29) is 24.1 Å². The zero-order chi connectivity index (χ0) is 15.5. The summed E-state index contributed by atoms with van der Waals surface area (Å²) in [5.41, 5.74) is 0.680. The number of carbonyl (C=O) groups excluding carboxylic acids is 1. The molecule has 4 nitrogen and oxygen atoms in total. The Bertz CT molecular complexity index is 723. The first-order valence-corrected chi connectivity index (χ1v) is 7.33. The van der Waals surface area contributed by atoms with Gasteiger partial charge in [-0.1, -0.05) is 30.3 Å². The van der Waals surface area contributed by atoms with Gasteiger partial charge >= 0.3 is 0 Å². The first-order chi connectivity index (χ1) is 10.6. The summed E-state index contributed by atoms with van der Waals surface area (Å²) in [5.74, 6) is -0.674. The largest absolute Gasteiger partial charge is 0.334 e. The van der Waals surface area contributed by atoms with Crippen LogP contribution in [0, 0.1) is 5.82 Å². The van der Waals surface area contributed by atoms with E-state index in [0.29, 0.717) is 6.54 Å². The normalized spacial score (nSPS) is 13.9. The standard InChI is InChI=1S/C17H17FN2O2/c18-14-6-9-16(21)19(11-14)12-17(22)20(15-7-8-15)10-13-4-2-1-3-5-13/h1-6,9,11,15H,7-8,10,12H2. The molecule has 0 spiro atoms. The molecule has 0 N–H and O–H groups in total. The number of amides is 1. The van der Waals surface area contributed by atoms with Crippen molar-refractivity contribution in [2.24, 2.45) is 0 Å². The van der Waals surface area contributed by atoms with E-state index < -0.39 is 5.82 Å². The van der Waals surface area contributed by atoms with Gasteiger partial charge in [0.25, 0.3) is 5.56 Å². The number of halogens is 1. The van der Waals surface area contributed by atoms with Crippen molar-refractivity contribution in [3.8, 4) is 0 Å². The van der Waals surface area contributed by atoms with E-state index in [4.69, 9.17) is 0 Å². The average Bonchev–Trinajstić information content (AvgIpc) is 3.34. The Morgan fingerprint density at radius 2 is 1.91 bits per heavy atom. The Balaban J connectivity index is 1.76. The third kappa shape index (κ3) is 3.42. The second kappa shape index (κ2) is 6.13. The Labute approximate surface area is 127 Å². The number of rotatable bonds is 5. The van der Waals surface area contributed by atoms with Gasteiger partial charge in [-0.25, -0.2) is 4.39 Å². The molecule has 1 amide bonds. The number of benzene rings is 1. The highest BCUT2D eigenvalue weighted by Gasteiger charge is 2.32. The van der Waals surface area contributed by atoms with Gasteiger partial charge < -0.3 is 9.47 Å². The number of carbonyl (C=O) groups is 1. The predicted octanol–water partition coefficient (Wildman–Crippen LogP) is 2.18. The van der Waals surface area contributed by atoms with E-state index in [2.05, 4.69) is 0 Å². The van der Waals surface area contributed by atoms with Crippen LogP contribution in [0.15, 0.2) is 53.5 Å². The van der Waals surface area contributed by atoms with Crippen LogP contribution in [0.4, 0.5) is 4.39 Å². The second-order valence-electron chi connectivity index (χ2n) is 5.55. The zero-order valence-electron chi connectivity index (χ0n) is 12.1. The molecule has 3 rings (SSSR count). The van der Waals surface area contributed by atoms with E-state index in [1.807, 2.05) is 30.3 Å². The zero-order valence-corrected chi connectivity index (χ0v) is 12.1. The molecule has 1 fully saturated rings. The molecule has 1 aliphatic rings. The van der Waals surface area contributed by atoms with Gasteiger partial charge in [-0.15, -0.1) is 0 Å². The first kappa shape index (κ1) is 14.5. The maximum Gasteiger partial charge on any atom is 0.251 e. The molecular formula is C17H17FN2O2. The van der Waals surface area contributed by atoms with Crippen LogP contribution in [0.25, 0.3) is 0 Å². The molecule has 1 aromatic carbocycles. The SMILES string of the molecule is O=C(Cn1cc(F)ccc1=O)N(Cc1ccccc1)C1CC1. The molecule has 0 radical (unpaired) electrons. The summed E-state index contributed by atoms with van der Waals surface area (Å²) in [6, 6.07) is 12.2. The van der Waals surface area contributed by atoms with Crippen molar-refractivity contribution in [1.82, 2.24) is 9.47 Å². The molecule has 5 heteroatoms. The van der Waals surface area contributed by atoms with E-state index in [0.717, 1.165) is 41.3 Å². The summed E-state index contributed by atoms with van der Waals surface area (Å²) >= 11 is 0. The van der Waals surface area contributed by atoms with Gasteiger partial charge in [0.15, 0.2) is 0 Å². The van der Waals surface area contributed by atoms with Crippen molar-refractivity contribution >= 4 is 5.91 Å². The van der Waals surface area contributed by atoms with Crippen molar-refractivity contribution in [2.75, 3.05) is 0 Å². The van der Waals surface area contributed by atoms with Crippen LogP contribution in [0.5, 0.6) is 0 Å². The summed E-state index contributed by atoms with van der Waals surface area (Å²) in [4.78, 5) is 26.0. The van der Waals surface area contributed by atoms with Crippen LogP contribution < -0.4 is 5.56 Å². The van der Waals surface area contributed by atoms with E-state index >= 15 is 0 Å². The topological polar surface area (TPSA) is 42.3 Å². The van der Waals surface area contributed by atoms with Gasteiger partial charge in [0.2, 0.25) is 5.91 Å². The fraction of sp³-hybridized carbons (Fsp3) is 0.294. The number of hydrogen-bond acceptors (Lipinski definition) is 2. The molecule has 0 aliphatic heterocycles. The third-order valence-corrected chi connectivity index (χ3v) is 3.76. The summed E-state index contributed by atoms with van der Waals surface area (Å²) in [5, 5.41) is 0. The Kier molecular flexibility index (Phi) is 4.04. The third-order valence-electron chi connectivity index (χ3n) is 3.76. The van der Waals surface area contributed by atoms with Crippen LogP contribution in [-0.4, -0.2) is 21.4 Å². The molecule has 114 valence electrons. The first-order valence-electron chi connectivity index (χ1n) is 7.33. The Morgan fingerprint density at radius 3 is 2.59 bits per heavy atom. The minimum absolute atomic E-state index is 0.125. The molecular weight excluding hydrogens is 283 g/mol. The van der Waals surface area contributed by atoms with Crippen LogP contribution in [0.2, 0.25) is 0 Å². The molecule has 1 saturated carbocycles. The summed E-state index contributed by atoms with van der Waals surface area (Å²) in [6.45, 7) is 0.397. The molecule has 0 atom stereocenters. The minimum Gasteiger partial charge on any atom is -0.334 e. The second-order valence-corrected chi connectivity index (χ2v) is 5.55. The summed E-state index contributed by atoms with van der Waals surface area (Å²) in [7, 11) is 0. The summed E-state index contributed by atoms with van der Waals surface area (Å²) in [6.07, 6.45) is 3.04. The van der Waals surface area contributed by atoms with E-state index in [9.17, 15) is 14.0 Å². The molecule has 0 bridgehead atoms. The van der Waals surface area contributed by atoms with Gasteiger partial charge in [0.1, 0.15) is 12.4 Å². The molecule has 1 heterocycles. The number of nitrogens with zero attached hydrogens (tertiary/aromatic N) is 2. The van der Waals surface area contributed by atoms with E-state index in [1.54, 1.807) is 4.90 Å². The van der Waals surface area contributed by atoms with E-state index in [1.165, 1.54) is 0 Å². The molecule has 0 saturated heterocycles. The molecule has 22 heavy (non-hydrogen) atoms. The molecule has 0 unspecified atom stereocenters. The van der Waals surface area contributed by atoms with Gasteiger partial charge in [0.05, 0.1) is 0 Å². The maximum atomic E-state index is 13.2. The van der Waals surface area contributed by atoms with Gasteiger partial charge in [-0.3, -0.25) is 9.59 Å². The van der Waals surface area contributed by atoms with Crippen molar-refractivity contribution in [3.63, 3.8) is 0 Å². The number of aromatic nitrogens is 1. The highest BCUT2D eigenvalue weighted by molar-refractivity contribution is 5.76. The fourth-order valence-corrected chi connectivity index (χ4v) is 2.45. The number of hydrogen-bond donors (Lipinski definition) is 0. The van der Waals surface area contributed by atoms with Crippen LogP contribution in [0.3, 0.4) is 0 Å². The van der Waals surface area contributed by atoms with Crippen molar-refractivity contribution in [1.29, 1.82) is 0 Å². The van der Waals surface area contributed by atoms with Crippen molar-refractivity contribution in [2.45, 2.75) is 32.0 Å². The molecule has 1 aliphatic carbocycles. The lowest BCUT2D eigenvalue weighted by molar-refractivity contribution is -0.133. The number of pyridine rings is 1. The smallest absolute Gasteiger partial charge is 0.251 e. The van der Waals surface area contributed by atoms with Gasteiger partial charge in [0, 0.05) is 24.8 Å². The minimum atomic E-state index is -0.520. The van der Waals surface area contributed by atoms with Crippen LogP contribution in [0.1, 0.15) is 18.4 Å². The lowest BCUT2D eigenvalue weighted by atomic mass is 10.2. The van der Waals surface area contributed by atoms with Gasteiger partial charge in [-0.2, -0.15) is 0 Å². The highest BCUT2D eigenvalue weighted by atomic mass is 19.1. The predicted molar refractivity (Wildman–Crippen MR) is 80.7 cm³/mol. The highest BCUT2D eigenvalue weighted by Crippen LogP contribution is 2.28. The van der Waals surface area contributed by atoms with Crippen molar-refractivity contribution < 1.29 is 9.18 Å². The average molecular weight is 300 g/mol. The van der Waals surface area contributed by atoms with Crippen LogP contribution in [-0.2, 0) is 17.9 Å². The van der Waals surface area contributed by atoms with Gasteiger partial charge in [-0.05, 0) is 24.5 Å². The Morgan fingerprint density at radius 1 is 1.18 bits per heavy atom. The monoisotopic (exact) mass is 300 g/mol. The van der Waals surface area contributed by atoms with Crippen LogP contribution >= 0.6 is 0 Å². The molecule has 2 aromatic rings. The lowest BCUT2D eigenvalue weighted by Crippen LogP contribution is -2.37. The fourth-order valence-electron chi connectivity index (χ4n) is 2.45. The maximum absolute atomic E-state index is 13.2. The van der Waals surface area contributed by atoms with Crippen molar-refractivity contribution in [3.05, 3.63) is 70.4 Å². The lowest BCUT2D eigenvalue weighted by Gasteiger charge is -2.23. The Hall–Kier alpha value is -2.43. The summed E-state index contributed by atoms with van der Waals surface area (Å²) < 4.78 is 14.4.